The Labute approximate surface area is 221 Å². The second-order valence-corrected chi connectivity index (χ2v) is 9.80. The first-order valence-electron chi connectivity index (χ1n) is 10.7. The minimum Gasteiger partial charge on any atom is -0.495 e. The summed E-state index contributed by atoms with van der Waals surface area (Å²) in [6.45, 7) is -0.765. The molecular formula is C23H23ClN4O9S. The second kappa shape index (κ2) is 11.4. The summed E-state index contributed by atoms with van der Waals surface area (Å²) in [6.07, 6.45) is 0. The van der Waals surface area contributed by atoms with E-state index in [-0.39, 0.29) is 38.5 Å². The number of hydrogen-bond donors (Lipinski definition) is 2. The summed E-state index contributed by atoms with van der Waals surface area (Å²) in [4.78, 5) is 48.2. The van der Waals surface area contributed by atoms with Crippen molar-refractivity contribution in [3.8, 4) is 11.5 Å². The number of ether oxygens (including phenoxy) is 3. The molecule has 0 saturated heterocycles. The Bertz CT molecular complexity index is 1630. The zero-order valence-electron chi connectivity index (χ0n) is 20.6. The molecule has 202 valence electrons. The summed E-state index contributed by atoms with van der Waals surface area (Å²) in [5.41, 5.74) is -1.41. The van der Waals surface area contributed by atoms with Crippen LogP contribution in [0.15, 0.2) is 56.9 Å². The Balaban J connectivity index is 1.73. The zero-order valence-corrected chi connectivity index (χ0v) is 22.2. The lowest BCUT2D eigenvalue weighted by atomic mass is 10.2. The van der Waals surface area contributed by atoms with Crippen molar-refractivity contribution in [1.82, 2.24) is 9.13 Å². The maximum Gasteiger partial charge on any atom is 0.338 e. The third kappa shape index (κ3) is 6.15. The van der Waals surface area contributed by atoms with Gasteiger partial charge in [0.05, 0.1) is 35.4 Å². The first-order chi connectivity index (χ1) is 17.9. The van der Waals surface area contributed by atoms with E-state index in [2.05, 4.69) is 10.0 Å². The molecule has 0 aliphatic carbocycles. The molecule has 38 heavy (non-hydrogen) atoms. The molecule has 1 heterocycles. The van der Waals surface area contributed by atoms with Crippen LogP contribution in [0.5, 0.6) is 11.5 Å². The van der Waals surface area contributed by atoms with E-state index < -0.39 is 39.8 Å². The molecule has 3 aromatic rings. The molecule has 13 nitrogen and oxygen atoms in total. The van der Waals surface area contributed by atoms with Gasteiger partial charge >= 0.3 is 11.7 Å². The number of esters is 1. The van der Waals surface area contributed by atoms with E-state index in [0.29, 0.717) is 0 Å². The first kappa shape index (κ1) is 28.3. The first-order valence-corrected chi connectivity index (χ1v) is 12.5. The van der Waals surface area contributed by atoms with E-state index in [9.17, 15) is 27.6 Å². The molecule has 0 bridgehead atoms. The van der Waals surface area contributed by atoms with Crippen LogP contribution in [0.2, 0.25) is 5.02 Å². The molecule has 0 spiro atoms. The number of halogens is 1. The van der Waals surface area contributed by atoms with Gasteiger partial charge in [0.15, 0.2) is 6.61 Å². The SMILES string of the molecule is COc1cc(OC)c(NS(=O)(=O)c2cccc(C(=O)OCC(=O)Nc3cc(=O)n(C)c(=O)n3C)c2)cc1Cl. The lowest BCUT2D eigenvalue weighted by Gasteiger charge is -2.14. The van der Waals surface area contributed by atoms with Gasteiger partial charge in [-0.15, -0.1) is 0 Å². The molecule has 1 aromatic heterocycles. The minimum atomic E-state index is -4.21. The van der Waals surface area contributed by atoms with Gasteiger partial charge in [-0.25, -0.2) is 18.0 Å². The van der Waals surface area contributed by atoms with Gasteiger partial charge in [0.1, 0.15) is 17.3 Å². The van der Waals surface area contributed by atoms with Crippen LogP contribution >= 0.6 is 11.6 Å². The Morgan fingerprint density at radius 3 is 2.32 bits per heavy atom. The van der Waals surface area contributed by atoms with Crippen LogP contribution in [0, 0.1) is 0 Å². The van der Waals surface area contributed by atoms with Crippen molar-refractivity contribution in [3.05, 3.63) is 73.9 Å². The normalized spacial score (nSPS) is 11.0. The molecule has 0 unspecified atom stereocenters. The van der Waals surface area contributed by atoms with E-state index in [1.165, 1.54) is 58.6 Å². The highest BCUT2D eigenvalue weighted by molar-refractivity contribution is 7.92. The molecule has 2 N–H and O–H groups in total. The summed E-state index contributed by atoms with van der Waals surface area (Å²) >= 11 is 6.10. The molecule has 1 amide bonds. The third-order valence-corrected chi connectivity index (χ3v) is 6.88. The Kier molecular flexibility index (Phi) is 8.48. The fourth-order valence-corrected chi connectivity index (χ4v) is 4.53. The smallest absolute Gasteiger partial charge is 0.338 e. The van der Waals surface area contributed by atoms with E-state index in [0.717, 1.165) is 21.3 Å². The predicted molar refractivity (Wildman–Crippen MR) is 138 cm³/mol. The minimum absolute atomic E-state index is 0.0353. The Morgan fingerprint density at radius 2 is 1.66 bits per heavy atom. The number of carbonyl (C=O) groups is 2. The number of carbonyl (C=O) groups excluding carboxylic acids is 2. The monoisotopic (exact) mass is 566 g/mol. The van der Waals surface area contributed by atoms with Crippen LogP contribution in [-0.4, -0.2) is 50.3 Å². The molecule has 15 heteroatoms. The average Bonchev–Trinajstić information content (AvgIpc) is 2.89. The number of nitrogens with one attached hydrogen (secondary N) is 2. The summed E-state index contributed by atoms with van der Waals surface area (Å²) in [5.74, 6) is -1.48. The number of nitrogens with zero attached hydrogens (tertiary/aromatic N) is 2. The van der Waals surface area contributed by atoms with Crippen molar-refractivity contribution in [2.75, 3.05) is 30.9 Å². The number of benzene rings is 2. The molecule has 0 aliphatic rings. The molecule has 0 fully saturated rings. The molecule has 0 saturated carbocycles. The van der Waals surface area contributed by atoms with E-state index in [1.807, 2.05) is 0 Å². The van der Waals surface area contributed by atoms with E-state index >= 15 is 0 Å². The number of rotatable bonds is 9. The Morgan fingerprint density at radius 1 is 0.974 bits per heavy atom. The van der Waals surface area contributed by atoms with Crippen molar-refractivity contribution in [1.29, 1.82) is 0 Å². The standard InChI is InChI=1S/C23H23ClN4O9S/c1-27-19(11-21(30)28(2)23(27)32)25-20(29)12-37-22(31)13-6-5-7-14(8-13)38(33,34)26-16-9-15(24)17(35-3)10-18(16)36-4/h5-11,26H,12H2,1-4H3,(H,25,29). The predicted octanol–water partition coefficient (Wildman–Crippen LogP) is 1.35. The van der Waals surface area contributed by atoms with Gasteiger partial charge in [0.2, 0.25) is 0 Å². The van der Waals surface area contributed by atoms with Gasteiger partial charge in [-0.2, -0.15) is 0 Å². The van der Waals surface area contributed by atoms with Crippen molar-refractivity contribution in [2.24, 2.45) is 14.1 Å². The number of hydrogen-bond acceptors (Lipinski definition) is 9. The van der Waals surface area contributed by atoms with Crippen LogP contribution in [0.1, 0.15) is 10.4 Å². The largest absolute Gasteiger partial charge is 0.495 e. The van der Waals surface area contributed by atoms with Crippen molar-refractivity contribution >= 4 is 45.0 Å². The van der Waals surface area contributed by atoms with Crippen molar-refractivity contribution < 1.29 is 32.2 Å². The van der Waals surface area contributed by atoms with Crippen LogP contribution in [0.4, 0.5) is 11.5 Å². The summed E-state index contributed by atoms with van der Waals surface area (Å²) in [6, 6.07) is 8.68. The van der Waals surface area contributed by atoms with Crippen LogP contribution in [0.3, 0.4) is 0 Å². The summed E-state index contributed by atoms with van der Waals surface area (Å²) in [7, 11) is 1.15. The number of aromatic nitrogens is 2. The topological polar surface area (TPSA) is 164 Å². The van der Waals surface area contributed by atoms with E-state index in [1.54, 1.807) is 0 Å². The third-order valence-electron chi connectivity index (χ3n) is 5.23. The van der Waals surface area contributed by atoms with Crippen molar-refractivity contribution in [2.45, 2.75) is 4.90 Å². The second-order valence-electron chi connectivity index (χ2n) is 7.71. The number of anilines is 2. The zero-order chi connectivity index (χ0) is 28.2. The molecule has 0 radical (unpaired) electrons. The van der Waals surface area contributed by atoms with Gasteiger partial charge in [-0.1, -0.05) is 17.7 Å². The van der Waals surface area contributed by atoms with Gasteiger partial charge in [0.25, 0.3) is 21.5 Å². The lowest BCUT2D eigenvalue weighted by Crippen LogP contribution is -2.38. The highest BCUT2D eigenvalue weighted by atomic mass is 35.5. The number of sulfonamides is 1. The maximum absolute atomic E-state index is 13.0. The highest BCUT2D eigenvalue weighted by Gasteiger charge is 2.21. The van der Waals surface area contributed by atoms with Crippen LogP contribution in [-0.2, 0) is 33.7 Å². The van der Waals surface area contributed by atoms with Gasteiger partial charge in [-0.3, -0.25) is 23.4 Å². The molecule has 2 aromatic carbocycles. The maximum atomic E-state index is 13.0. The van der Waals surface area contributed by atoms with Gasteiger partial charge in [0, 0.05) is 26.2 Å². The molecule has 0 atom stereocenters. The lowest BCUT2D eigenvalue weighted by molar-refractivity contribution is -0.119. The van der Waals surface area contributed by atoms with Crippen molar-refractivity contribution in [3.63, 3.8) is 0 Å². The summed E-state index contributed by atoms with van der Waals surface area (Å²) < 4.78 is 45.4. The average molecular weight is 567 g/mol. The number of methoxy groups -OCH3 is 2. The highest BCUT2D eigenvalue weighted by Crippen LogP contribution is 2.37. The summed E-state index contributed by atoms with van der Waals surface area (Å²) in [5, 5.41) is 2.44. The van der Waals surface area contributed by atoms with Crippen LogP contribution < -0.4 is 30.8 Å². The quantitative estimate of drug-likeness (QED) is 0.364. The van der Waals surface area contributed by atoms with Gasteiger partial charge < -0.3 is 19.5 Å². The number of amides is 1. The molecule has 3 rings (SSSR count). The fraction of sp³-hybridized carbons (Fsp3) is 0.217. The van der Waals surface area contributed by atoms with Gasteiger partial charge in [-0.05, 0) is 24.3 Å². The molecular weight excluding hydrogens is 544 g/mol. The van der Waals surface area contributed by atoms with Crippen LogP contribution in [0.25, 0.3) is 0 Å². The fourth-order valence-electron chi connectivity index (χ4n) is 3.18. The Hall–Kier alpha value is -4.30. The molecule has 0 aliphatic heterocycles. The van der Waals surface area contributed by atoms with E-state index in [4.69, 9.17) is 25.8 Å².